The molecule has 2 nitrogen and oxygen atoms in total. The Kier molecular flexibility index (Phi) is 13.6. The number of alkyl halides is 2. The Morgan fingerprint density at radius 2 is 1.44 bits per heavy atom. The molecule has 1 aliphatic rings. The van der Waals surface area contributed by atoms with Crippen LogP contribution >= 0.6 is 0 Å². The molecule has 0 N–H and O–H groups in total. The number of ether oxygens (including phenoxy) is 1. The molecule has 25 heavy (non-hydrogen) atoms. The van der Waals surface area contributed by atoms with Gasteiger partial charge in [-0.25, -0.2) is 8.78 Å². The van der Waals surface area contributed by atoms with Gasteiger partial charge in [-0.1, -0.05) is 78.1 Å². The molecule has 0 aliphatic carbocycles. The first-order valence-electron chi connectivity index (χ1n) is 10.8. The summed E-state index contributed by atoms with van der Waals surface area (Å²) in [4.78, 5) is 2.37. The molecule has 0 aromatic carbocycles. The fourth-order valence-corrected chi connectivity index (χ4v) is 4.00. The van der Waals surface area contributed by atoms with E-state index in [1.165, 1.54) is 64.2 Å². The van der Waals surface area contributed by atoms with Crippen LogP contribution in [0.2, 0.25) is 0 Å². The number of morpholine rings is 1. The van der Waals surface area contributed by atoms with Crippen molar-refractivity contribution in [1.29, 1.82) is 0 Å². The molecule has 0 bridgehead atoms. The summed E-state index contributed by atoms with van der Waals surface area (Å²) in [5.74, 6) is 0. The number of rotatable bonds is 15. The summed E-state index contributed by atoms with van der Waals surface area (Å²) in [6.45, 7) is 6.48. The fourth-order valence-electron chi connectivity index (χ4n) is 4.00. The first kappa shape index (κ1) is 22.8. The Hall–Kier alpha value is -0.220. The van der Waals surface area contributed by atoms with Crippen LogP contribution in [0.1, 0.15) is 97.3 Å². The third-order valence-electron chi connectivity index (χ3n) is 5.47. The Balaban J connectivity index is 2.50. The van der Waals surface area contributed by atoms with Crippen LogP contribution in [-0.4, -0.2) is 43.2 Å². The molecule has 4 heteroatoms. The maximum Gasteiger partial charge on any atom is 0.240 e. The second-order valence-corrected chi connectivity index (χ2v) is 7.65. The number of unbranched alkanes of at least 4 members (excludes halogenated alkanes) is 8. The summed E-state index contributed by atoms with van der Waals surface area (Å²) in [6.07, 6.45) is 12.9. The smallest absolute Gasteiger partial charge is 0.240 e. The minimum absolute atomic E-state index is 0.0395. The first-order valence-corrected chi connectivity index (χ1v) is 10.8. The number of hydrogen-bond donors (Lipinski definition) is 0. The maximum absolute atomic E-state index is 13.0. The van der Waals surface area contributed by atoms with E-state index >= 15 is 0 Å². The average Bonchev–Trinajstić information content (AvgIpc) is 2.60. The third kappa shape index (κ3) is 10.5. The Morgan fingerprint density at radius 3 is 1.96 bits per heavy atom. The lowest BCUT2D eigenvalue weighted by atomic mass is 9.96. The predicted octanol–water partition coefficient (Wildman–Crippen LogP) is 6.43. The van der Waals surface area contributed by atoms with Gasteiger partial charge in [-0.3, -0.25) is 4.90 Å². The molecule has 1 saturated heterocycles. The molecule has 1 atom stereocenters. The van der Waals surface area contributed by atoms with Crippen LogP contribution in [0.3, 0.4) is 0 Å². The molecule has 0 radical (unpaired) electrons. The Morgan fingerprint density at radius 1 is 0.880 bits per heavy atom. The molecule has 0 saturated carbocycles. The average molecular weight is 362 g/mol. The van der Waals surface area contributed by atoms with Gasteiger partial charge in [-0.15, -0.1) is 0 Å². The van der Waals surface area contributed by atoms with Gasteiger partial charge in [-0.05, 0) is 12.8 Å². The van der Waals surface area contributed by atoms with Gasteiger partial charge < -0.3 is 4.74 Å². The largest absolute Gasteiger partial charge is 0.378 e. The molecule has 1 aliphatic heterocycles. The van der Waals surface area contributed by atoms with Gasteiger partial charge in [0, 0.05) is 25.0 Å². The molecule has 0 spiro atoms. The normalized spacial score (nSPS) is 19.2. The van der Waals surface area contributed by atoms with E-state index in [9.17, 15) is 8.78 Å². The lowest BCUT2D eigenvalue weighted by molar-refractivity contribution is -0.0530. The highest BCUT2D eigenvalue weighted by molar-refractivity contribution is 4.83. The monoisotopic (exact) mass is 361 g/mol. The van der Waals surface area contributed by atoms with Crippen LogP contribution in [0, 0.1) is 0 Å². The summed E-state index contributed by atoms with van der Waals surface area (Å²) < 4.78 is 31.4. The maximum atomic E-state index is 13.0. The van der Waals surface area contributed by atoms with Gasteiger partial charge in [0.05, 0.1) is 13.2 Å². The van der Waals surface area contributed by atoms with E-state index in [0.717, 1.165) is 19.4 Å². The molecular weight excluding hydrogens is 320 g/mol. The Labute approximate surface area is 154 Å². The van der Waals surface area contributed by atoms with E-state index < -0.39 is 6.43 Å². The zero-order chi connectivity index (χ0) is 18.3. The molecule has 0 amide bonds. The molecule has 0 aromatic rings. The summed E-state index contributed by atoms with van der Waals surface area (Å²) in [5.41, 5.74) is 0. The van der Waals surface area contributed by atoms with Crippen LogP contribution in [0.25, 0.3) is 0 Å². The summed E-state index contributed by atoms with van der Waals surface area (Å²) in [7, 11) is 0. The van der Waals surface area contributed by atoms with Gasteiger partial charge in [0.1, 0.15) is 0 Å². The molecule has 0 unspecified atom stereocenters. The molecule has 1 rings (SSSR count). The molecule has 0 aromatic heterocycles. The van der Waals surface area contributed by atoms with Crippen molar-refractivity contribution in [3.8, 4) is 0 Å². The van der Waals surface area contributed by atoms with Crippen molar-refractivity contribution in [3.63, 3.8) is 0 Å². The Bertz CT molecular complexity index is 288. The van der Waals surface area contributed by atoms with E-state index in [0.29, 0.717) is 19.3 Å². The molecule has 1 heterocycles. The SMILES string of the molecule is CCCCCCCC(CCCCCCC)N1CCOC[C@H]1CC(F)F. The highest BCUT2D eigenvalue weighted by Crippen LogP contribution is 2.25. The molecule has 150 valence electrons. The lowest BCUT2D eigenvalue weighted by Crippen LogP contribution is -2.51. The number of hydrogen-bond acceptors (Lipinski definition) is 2. The lowest BCUT2D eigenvalue weighted by Gasteiger charge is -2.41. The first-order chi connectivity index (χ1) is 12.2. The third-order valence-corrected chi connectivity index (χ3v) is 5.47. The minimum atomic E-state index is -2.23. The van der Waals surface area contributed by atoms with Gasteiger partial charge >= 0.3 is 0 Å². The topological polar surface area (TPSA) is 12.5 Å². The van der Waals surface area contributed by atoms with E-state index in [-0.39, 0.29) is 12.5 Å². The van der Waals surface area contributed by atoms with Crippen LogP contribution in [0.15, 0.2) is 0 Å². The standard InChI is InChI=1S/C21H41F2NO/c1-3-5-7-9-11-13-19(14-12-10-8-6-4-2)24-15-16-25-18-20(24)17-21(22)23/h19-21H,3-18H2,1-2H3/t20-/m1/s1. The van der Waals surface area contributed by atoms with Crippen molar-refractivity contribution in [3.05, 3.63) is 0 Å². The molecular formula is C21H41F2NO. The van der Waals surface area contributed by atoms with Crippen molar-refractivity contribution in [1.82, 2.24) is 4.90 Å². The summed E-state index contributed by atoms with van der Waals surface area (Å²) in [5, 5.41) is 0. The van der Waals surface area contributed by atoms with Crippen molar-refractivity contribution >= 4 is 0 Å². The summed E-state index contributed by atoms with van der Waals surface area (Å²) in [6, 6.07) is 0.376. The van der Waals surface area contributed by atoms with Crippen molar-refractivity contribution < 1.29 is 13.5 Å². The van der Waals surface area contributed by atoms with E-state index in [2.05, 4.69) is 18.7 Å². The van der Waals surface area contributed by atoms with Crippen LogP contribution in [0.5, 0.6) is 0 Å². The van der Waals surface area contributed by atoms with Crippen molar-refractivity contribution in [2.24, 2.45) is 0 Å². The van der Waals surface area contributed by atoms with Crippen molar-refractivity contribution in [2.45, 2.75) is 116 Å². The van der Waals surface area contributed by atoms with E-state index in [1.807, 2.05) is 0 Å². The highest BCUT2D eigenvalue weighted by atomic mass is 19.3. The second kappa shape index (κ2) is 14.9. The quantitative estimate of drug-likeness (QED) is 0.312. The van der Waals surface area contributed by atoms with Crippen LogP contribution in [0.4, 0.5) is 8.78 Å². The summed E-state index contributed by atoms with van der Waals surface area (Å²) >= 11 is 0. The number of nitrogens with zero attached hydrogens (tertiary/aromatic N) is 1. The van der Waals surface area contributed by atoms with Gasteiger partial charge in [0.25, 0.3) is 0 Å². The van der Waals surface area contributed by atoms with E-state index in [4.69, 9.17) is 4.74 Å². The van der Waals surface area contributed by atoms with Crippen LogP contribution < -0.4 is 0 Å². The van der Waals surface area contributed by atoms with Crippen molar-refractivity contribution in [2.75, 3.05) is 19.8 Å². The second-order valence-electron chi connectivity index (χ2n) is 7.65. The van der Waals surface area contributed by atoms with Crippen LogP contribution in [-0.2, 0) is 4.74 Å². The minimum Gasteiger partial charge on any atom is -0.378 e. The zero-order valence-corrected chi connectivity index (χ0v) is 16.7. The number of halogens is 2. The predicted molar refractivity (Wildman–Crippen MR) is 102 cm³/mol. The van der Waals surface area contributed by atoms with Gasteiger partial charge in [0.15, 0.2) is 0 Å². The molecule has 1 fully saturated rings. The van der Waals surface area contributed by atoms with E-state index in [1.54, 1.807) is 0 Å². The van der Waals surface area contributed by atoms with Gasteiger partial charge in [-0.2, -0.15) is 0 Å². The fraction of sp³-hybridized carbons (Fsp3) is 1.00. The zero-order valence-electron chi connectivity index (χ0n) is 16.7. The van der Waals surface area contributed by atoms with Gasteiger partial charge in [0.2, 0.25) is 6.43 Å². The highest BCUT2D eigenvalue weighted by Gasteiger charge is 2.30.